The van der Waals surface area contributed by atoms with Crippen LogP contribution in [0.4, 0.5) is 0 Å². The second-order valence-corrected chi connectivity index (χ2v) is 7.83. The highest BCUT2D eigenvalue weighted by molar-refractivity contribution is 5.88. The lowest BCUT2D eigenvalue weighted by molar-refractivity contribution is 0.174. The third-order valence-electron chi connectivity index (χ3n) is 5.98. The Morgan fingerprint density at radius 3 is 2.57 bits per heavy atom. The summed E-state index contributed by atoms with van der Waals surface area (Å²) in [6.45, 7) is 5.80. The summed E-state index contributed by atoms with van der Waals surface area (Å²) in [7, 11) is 3.42. The van der Waals surface area contributed by atoms with Crippen LogP contribution in [0.5, 0.6) is 23.0 Å². The van der Waals surface area contributed by atoms with Crippen LogP contribution in [0, 0.1) is 5.92 Å². The summed E-state index contributed by atoms with van der Waals surface area (Å²) in [5.74, 6) is 3.73. The molecule has 0 radical (unpaired) electrons. The van der Waals surface area contributed by atoms with Crippen molar-refractivity contribution in [1.82, 2.24) is 4.90 Å². The number of hydrogen-bond acceptors (Lipinski definition) is 5. The fourth-order valence-electron chi connectivity index (χ4n) is 4.79. The first-order chi connectivity index (χ1) is 13.6. The van der Waals surface area contributed by atoms with Crippen molar-refractivity contribution >= 4 is 11.8 Å². The van der Waals surface area contributed by atoms with Crippen molar-refractivity contribution in [3.63, 3.8) is 0 Å². The molecule has 146 valence electrons. The number of methoxy groups -OCH3 is 2. The Labute approximate surface area is 165 Å². The summed E-state index contributed by atoms with van der Waals surface area (Å²) in [6, 6.07) is 8.63. The van der Waals surface area contributed by atoms with Crippen molar-refractivity contribution in [2.75, 3.05) is 27.6 Å². The Balaban J connectivity index is 1.73. The SMILES string of the molecule is COc1ccc2c(c1OC)[C@@H](C(C)C)N1CCc3cc4c(cc3C1=C2)OCO4. The van der Waals surface area contributed by atoms with Gasteiger partial charge in [0.2, 0.25) is 6.79 Å². The monoisotopic (exact) mass is 379 g/mol. The topological polar surface area (TPSA) is 40.2 Å². The molecule has 0 aliphatic carbocycles. The van der Waals surface area contributed by atoms with Gasteiger partial charge in [0.05, 0.1) is 20.3 Å². The molecule has 28 heavy (non-hydrogen) atoms. The van der Waals surface area contributed by atoms with Gasteiger partial charge in [0.25, 0.3) is 0 Å². The summed E-state index contributed by atoms with van der Waals surface area (Å²) >= 11 is 0. The maximum absolute atomic E-state index is 5.81. The van der Waals surface area contributed by atoms with Gasteiger partial charge in [-0.25, -0.2) is 0 Å². The highest BCUT2D eigenvalue weighted by Gasteiger charge is 2.38. The second-order valence-electron chi connectivity index (χ2n) is 7.83. The quantitative estimate of drug-likeness (QED) is 0.785. The summed E-state index contributed by atoms with van der Waals surface area (Å²) < 4.78 is 22.6. The van der Waals surface area contributed by atoms with Crippen molar-refractivity contribution in [2.24, 2.45) is 5.92 Å². The van der Waals surface area contributed by atoms with Crippen LogP contribution in [0.1, 0.15) is 42.1 Å². The molecule has 0 saturated heterocycles. The van der Waals surface area contributed by atoms with E-state index in [4.69, 9.17) is 18.9 Å². The lowest BCUT2D eigenvalue weighted by Crippen LogP contribution is -2.38. The van der Waals surface area contributed by atoms with Gasteiger partial charge in [-0.3, -0.25) is 0 Å². The number of fused-ring (bicyclic) bond motifs is 5. The van der Waals surface area contributed by atoms with Gasteiger partial charge in [0.1, 0.15) is 0 Å². The van der Waals surface area contributed by atoms with Crippen LogP contribution >= 0.6 is 0 Å². The lowest BCUT2D eigenvalue weighted by Gasteiger charge is -2.45. The van der Waals surface area contributed by atoms with Gasteiger partial charge in [0.15, 0.2) is 23.0 Å². The molecule has 5 rings (SSSR count). The first-order valence-corrected chi connectivity index (χ1v) is 9.78. The predicted molar refractivity (Wildman–Crippen MR) is 108 cm³/mol. The molecular formula is C23H25NO4. The van der Waals surface area contributed by atoms with E-state index in [0.717, 1.165) is 36.0 Å². The van der Waals surface area contributed by atoms with E-state index in [0.29, 0.717) is 12.7 Å². The maximum Gasteiger partial charge on any atom is 0.231 e. The van der Waals surface area contributed by atoms with Crippen molar-refractivity contribution in [1.29, 1.82) is 0 Å². The van der Waals surface area contributed by atoms with Gasteiger partial charge >= 0.3 is 0 Å². The second kappa shape index (κ2) is 6.36. The average Bonchev–Trinajstić information content (AvgIpc) is 3.16. The van der Waals surface area contributed by atoms with Gasteiger partial charge in [-0.15, -0.1) is 0 Å². The van der Waals surface area contributed by atoms with Gasteiger partial charge in [-0.2, -0.15) is 0 Å². The Bertz CT molecular complexity index is 979. The zero-order valence-electron chi connectivity index (χ0n) is 16.7. The Morgan fingerprint density at radius 2 is 1.86 bits per heavy atom. The summed E-state index contributed by atoms with van der Waals surface area (Å²) in [5, 5.41) is 0. The van der Waals surface area contributed by atoms with E-state index in [1.54, 1.807) is 14.2 Å². The van der Waals surface area contributed by atoms with Crippen LogP contribution in [0.15, 0.2) is 24.3 Å². The van der Waals surface area contributed by atoms with Crippen molar-refractivity contribution in [3.8, 4) is 23.0 Å². The molecule has 3 aliphatic rings. The Kier molecular flexibility index (Phi) is 3.93. The van der Waals surface area contributed by atoms with E-state index in [2.05, 4.69) is 43.0 Å². The number of nitrogens with zero attached hydrogens (tertiary/aromatic N) is 1. The third kappa shape index (κ3) is 2.38. The molecule has 0 bridgehead atoms. The number of rotatable bonds is 3. The van der Waals surface area contributed by atoms with Crippen LogP contribution < -0.4 is 18.9 Å². The predicted octanol–water partition coefficient (Wildman–Crippen LogP) is 4.50. The van der Waals surface area contributed by atoms with E-state index >= 15 is 0 Å². The third-order valence-corrected chi connectivity index (χ3v) is 5.98. The van der Waals surface area contributed by atoms with Gasteiger partial charge in [-0.1, -0.05) is 19.9 Å². The largest absolute Gasteiger partial charge is 0.493 e. The number of hydrogen-bond donors (Lipinski definition) is 0. The van der Waals surface area contributed by atoms with Crippen LogP contribution in [0.2, 0.25) is 0 Å². The molecule has 0 fully saturated rings. The minimum Gasteiger partial charge on any atom is -0.493 e. The van der Waals surface area contributed by atoms with Crippen molar-refractivity contribution in [2.45, 2.75) is 26.3 Å². The number of ether oxygens (including phenoxy) is 4. The Morgan fingerprint density at radius 1 is 1.07 bits per heavy atom. The van der Waals surface area contributed by atoms with Crippen LogP contribution in [0.3, 0.4) is 0 Å². The van der Waals surface area contributed by atoms with Crippen LogP contribution in [-0.4, -0.2) is 32.5 Å². The molecule has 2 aromatic rings. The van der Waals surface area contributed by atoms with Gasteiger partial charge < -0.3 is 23.8 Å². The van der Waals surface area contributed by atoms with E-state index in [-0.39, 0.29) is 6.04 Å². The summed E-state index contributed by atoms with van der Waals surface area (Å²) in [4.78, 5) is 2.51. The lowest BCUT2D eigenvalue weighted by atomic mass is 9.82. The van der Waals surface area contributed by atoms with Gasteiger partial charge in [-0.05, 0) is 47.7 Å². The van der Waals surface area contributed by atoms with Gasteiger partial charge in [0, 0.05) is 23.4 Å². The smallest absolute Gasteiger partial charge is 0.231 e. The van der Waals surface area contributed by atoms with E-state index in [9.17, 15) is 0 Å². The molecular weight excluding hydrogens is 354 g/mol. The maximum atomic E-state index is 5.81. The van der Waals surface area contributed by atoms with Crippen LogP contribution in [-0.2, 0) is 6.42 Å². The van der Waals surface area contributed by atoms with E-state index in [1.807, 2.05) is 6.07 Å². The highest BCUT2D eigenvalue weighted by Crippen LogP contribution is 2.51. The summed E-state index contributed by atoms with van der Waals surface area (Å²) in [6.07, 6.45) is 3.25. The van der Waals surface area contributed by atoms with E-state index in [1.165, 1.54) is 28.0 Å². The average molecular weight is 379 g/mol. The summed E-state index contributed by atoms with van der Waals surface area (Å²) in [5.41, 5.74) is 6.20. The highest BCUT2D eigenvalue weighted by atomic mass is 16.7. The molecule has 0 N–H and O–H groups in total. The Hall–Kier alpha value is -2.82. The molecule has 1 atom stereocenters. The van der Waals surface area contributed by atoms with E-state index < -0.39 is 0 Å². The van der Waals surface area contributed by atoms with Crippen LogP contribution in [0.25, 0.3) is 11.8 Å². The minimum absolute atomic E-state index is 0.221. The van der Waals surface area contributed by atoms with Crippen molar-refractivity contribution in [3.05, 3.63) is 46.5 Å². The molecule has 5 nitrogen and oxygen atoms in total. The minimum atomic E-state index is 0.221. The fourth-order valence-corrected chi connectivity index (χ4v) is 4.79. The molecule has 0 aromatic heterocycles. The molecule has 3 heterocycles. The van der Waals surface area contributed by atoms with Crippen molar-refractivity contribution < 1.29 is 18.9 Å². The molecule has 0 spiro atoms. The zero-order valence-corrected chi connectivity index (χ0v) is 16.7. The first-order valence-electron chi connectivity index (χ1n) is 9.78. The molecule has 0 saturated carbocycles. The molecule has 3 aliphatic heterocycles. The fraction of sp³-hybridized carbons (Fsp3) is 0.391. The molecule has 0 unspecified atom stereocenters. The molecule has 2 aromatic carbocycles. The zero-order chi connectivity index (χ0) is 19.4. The molecule has 0 amide bonds. The first kappa shape index (κ1) is 17.3. The normalized spacial score (nSPS) is 19.0. The molecule has 5 heteroatoms. The standard InChI is InChI=1S/C23H25NO4/c1-13(2)22-21-15(5-6-18(25-3)23(21)26-4)9-17-16-11-20-19(27-12-28-20)10-14(16)7-8-24(17)22/h5-6,9-11,13,22H,7-8,12H2,1-4H3/t22-/m1/s1. The number of benzene rings is 2.